The quantitative estimate of drug-likeness (QED) is 0.708. The molecular formula is C16H12O4. The summed E-state index contributed by atoms with van der Waals surface area (Å²) in [5.74, 6) is 2.72. The second-order valence-corrected chi connectivity index (χ2v) is 4.53. The van der Waals surface area contributed by atoms with Crippen molar-refractivity contribution < 1.29 is 18.6 Å². The number of rotatable bonds is 2. The zero-order chi connectivity index (χ0) is 13.5. The summed E-state index contributed by atoms with van der Waals surface area (Å²) in [7, 11) is 1.61. The van der Waals surface area contributed by atoms with Crippen molar-refractivity contribution in [3.63, 3.8) is 0 Å². The van der Waals surface area contributed by atoms with Crippen LogP contribution in [0, 0.1) is 0 Å². The molecule has 4 nitrogen and oxygen atoms in total. The van der Waals surface area contributed by atoms with Gasteiger partial charge in [0.1, 0.15) is 11.3 Å². The predicted molar refractivity (Wildman–Crippen MR) is 74.3 cm³/mol. The van der Waals surface area contributed by atoms with Gasteiger partial charge in [-0.3, -0.25) is 0 Å². The lowest BCUT2D eigenvalue weighted by atomic mass is 10.1. The first kappa shape index (κ1) is 11.2. The Morgan fingerprint density at radius 1 is 1.05 bits per heavy atom. The third-order valence-electron chi connectivity index (χ3n) is 3.39. The topological polar surface area (TPSA) is 40.8 Å². The predicted octanol–water partition coefficient (Wildman–Crippen LogP) is 3.84. The molecular weight excluding hydrogens is 256 g/mol. The normalized spacial score (nSPS) is 12.8. The van der Waals surface area contributed by atoms with Gasteiger partial charge < -0.3 is 18.6 Å². The van der Waals surface area contributed by atoms with Crippen LogP contribution in [0.1, 0.15) is 0 Å². The van der Waals surface area contributed by atoms with Crippen LogP contribution in [0.3, 0.4) is 0 Å². The molecule has 1 aliphatic rings. The number of hydrogen-bond acceptors (Lipinski definition) is 4. The third kappa shape index (κ3) is 1.54. The number of benzene rings is 2. The molecule has 0 amide bonds. The van der Waals surface area contributed by atoms with E-state index < -0.39 is 0 Å². The highest BCUT2D eigenvalue weighted by Gasteiger charge is 2.23. The van der Waals surface area contributed by atoms with Gasteiger partial charge in [-0.2, -0.15) is 0 Å². The minimum atomic E-state index is 0.218. The fourth-order valence-electron chi connectivity index (χ4n) is 2.46. The summed E-state index contributed by atoms with van der Waals surface area (Å²) < 4.78 is 22.2. The molecule has 0 spiro atoms. The Bertz CT molecular complexity index is 755. The lowest BCUT2D eigenvalue weighted by Gasteiger charge is -2.08. The van der Waals surface area contributed by atoms with Crippen molar-refractivity contribution in [2.24, 2.45) is 0 Å². The van der Waals surface area contributed by atoms with E-state index in [9.17, 15) is 0 Å². The van der Waals surface area contributed by atoms with E-state index in [-0.39, 0.29) is 6.79 Å². The molecule has 0 unspecified atom stereocenters. The summed E-state index contributed by atoms with van der Waals surface area (Å²) in [4.78, 5) is 0. The molecule has 3 aromatic rings. The minimum Gasteiger partial charge on any atom is -0.492 e. The van der Waals surface area contributed by atoms with Gasteiger partial charge in [0.2, 0.25) is 12.5 Å². The Balaban J connectivity index is 1.93. The van der Waals surface area contributed by atoms with Crippen LogP contribution in [0.2, 0.25) is 0 Å². The Hall–Kier alpha value is -2.62. The van der Waals surface area contributed by atoms with Crippen LogP contribution in [-0.4, -0.2) is 13.9 Å². The Kier molecular flexibility index (Phi) is 2.36. The van der Waals surface area contributed by atoms with E-state index in [0.717, 1.165) is 22.3 Å². The van der Waals surface area contributed by atoms with E-state index in [4.69, 9.17) is 18.6 Å². The number of hydrogen-bond donors (Lipinski definition) is 0. The highest BCUT2D eigenvalue weighted by Crippen LogP contribution is 2.47. The Morgan fingerprint density at radius 3 is 2.80 bits per heavy atom. The molecule has 0 bridgehead atoms. The Morgan fingerprint density at radius 2 is 1.95 bits per heavy atom. The minimum absolute atomic E-state index is 0.218. The van der Waals surface area contributed by atoms with Gasteiger partial charge >= 0.3 is 0 Å². The maximum atomic E-state index is 5.88. The van der Waals surface area contributed by atoms with Crippen molar-refractivity contribution >= 4 is 11.0 Å². The van der Waals surface area contributed by atoms with E-state index in [1.165, 1.54) is 0 Å². The second-order valence-electron chi connectivity index (χ2n) is 4.53. The van der Waals surface area contributed by atoms with Crippen molar-refractivity contribution in [2.45, 2.75) is 0 Å². The van der Waals surface area contributed by atoms with Crippen LogP contribution in [0.5, 0.6) is 17.2 Å². The molecule has 100 valence electrons. The fourth-order valence-corrected chi connectivity index (χ4v) is 2.46. The molecule has 4 rings (SSSR count). The molecule has 0 radical (unpaired) electrons. The average Bonchev–Trinajstić information content (AvgIpc) is 3.11. The van der Waals surface area contributed by atoms with Crippen LogP contribution in [0.4, 0.5) is 0 Å². The summed E-state index contributed by atoms with van der Waals surface area (Å²) in [5, 5.41) is 1.06. The number of ether oxygens (including phenoxy) is 3. The highest BCUT2D eigenvalue weighted by molar-refractivity contribution is 5.85. The first-order chi connectivity index (χ1) is 9.86. The number of methoxy groups -OCH3 is 1. The zero-order valence-electron chi connectivity index (χ0n) is 10.9. The van der Waals surface area contributed by atoms with E-state index >= 15 is 0 Å². The molecule has 20 heavy (non-hydrogen) atoms. The number of fused-ring (bicyclic) bond motifs is 2. The van der Waals surface area contributed by atoms with Crippen LogP contribution in [0.15, 0.2) is 46.9 Å². The first-order valence-corrected chi connectivity index (χ1v) is 6.32. The third-order valence-corrected chi connectivity index (χ3v) is 3.39. The van der Waals surface area contributed by atoms with Gasteiger partial charge in [-0.25, -0.2) is 0 Å². The van der Waals surface area contributed by atoms with Crippen LogP contribution in [0.25, 0.3) is 22.3 Å². The molecule has 0 fully saturated rings. The van der Waals surface area contributed by atoms with Crippen molar-refractivity contribution in [3.05, 3.63) is 42.5 Å². The maximum Gasteiger partial charge on any atom is 0.231 e. The van der Waals surface area contributed by atoms with Crippen LogP contribution >= 0.6 is 0 Å². The highest BCUT2D eigenvalue weighted by atomic mass is 16.7. The van der Waals surface area contributed by atoms with Crippen molar-refractivity contribution in [1.82, 2.24) is 0 Å². The smallest absolute Gasteiger partial charge is 0.231 e. The van der Waals surface area contributed by atoms with Crippen molar-refractivity contribution in [3.8, 4) is 28.6 Å². The van der Waals surface area contributed by atoms with E-state index in [1.807, 2.05) is 42.5 Å². The maximum absolute atomic E-state index is 5.88. The molecule has 0 saturated heterocycles. The van der Waals surface area contributed by atoms with Crippen LogP contribution in [-0.2, 0) is 0 Å². The van der Waals surface area contributed by atoms with Gasteiger partial charge in [0.15, 0.2) is 11.5 Å². The summed E-state index contributed by atoms with van der Waals surface area (Å²) in [6.07, 6.45) is 0. The molecule has 0 aliphatic carbocycles. The molecule has 0 N–H and O–H groups in total. The van der Waals surface area contributed by atoms with Gasteiger partial charge in [0.05, 0.1) is 12.7 Å². The van der Waals surface area contributed by atoms with E-state index in [1.54, 1.807) is 7.11 Å². The second kappa shape index (κ2) is 4.20. The van der Waals surface area contributed by atoms with Gasteiger partial charge in [-0.1, -0.05) is 18.2 Å². The molecule has 1 aromatic heterocycles. The molecule has 0 saturated carbocycles. The van der Waals surface area contributed by atoms with Crippen molar-refractivity contribution in [2.75, 3.05) is 13.9 Å². The first-order valence-electron chi connectivity index (χ1n) is 6.32. The monoisotopic (exact) mass is 268 g/mol. The van der Waals surface area contributed by atoms with Crippen molar-refractivity contribution in [1.29, 1.82) is 0 Å². The molecule has 1 aliphatic heterocycles. The summed E-state index contributed by atoms with van der Waals surface area (Å²) in [6, 6.07) is 13.7. The van der Waals surface area contributed by atoms with E-state index in [0.29, 0.717) is 17.2 Å². The number of furan rings is 1. The molecule has 0 atom stereocenters. The standard InChI is InChI=1S/C16H12O4/c1-17-15-11(6-7-13-16(15)19-9-18-13)14-8-10-4-2-3-5-12(10)20-14/h2-8H,9H2,1H3. The van der Waals surface area contributed by atoms with Gasteiger partial charge in [-0.05, 0) is 24.3 Å². The lowest BCUT2D eigenvalue weighted by molar-refractivity contribution is 0.171. The lowest BCUT2D eigenvalue weighted by Crippen LogP contribution is -1.94. The zero-order valence-corrected chi connectivity index (χ0v) is 10.9. The molecule has 2 aromatic carbocycles. The van der Waals surface area contributed by atoms with Gasteiger partial charge in [0, 0.05) is 5.39 Å². The summed E-state index contributed by atoms with van der Waals surface area (Å²) in [5.41, 5.74) is 1.70. The summed E-state index contributed by atoms with van der Waals surface area (Å²) >= 11 is 0. The van der Waals surface area contributed by atoms with Gasteiger partial charge in [-0.15, -0.1) is 0 Å². The largest absolute Gasteiger partial charge is 0.492 e. The van der Waals surface area contributed by atoms with Crippen LogP contribution < -0.4 is 14.2 Å². The number of para-hydroxylation sites is 1. The van der Waals surface area contributed by atoms with Gasteiger partial charge in [0.25, 0.3) is 0 Å². The SMILES string of the molecule is COc1c(-c2cc3ccccc3o2)ccc2c1OCO2. The molecule has 2 heterocycles. The summed E-state index contributed by atoms with van der Waals surface area (Å²) in [6.45, 7) is 0.218. The Labute approximate surface area is 115 Å². The fraction of sp³-hybridized carbons (Fsp3) is 0.125. The molecule has 4 heteroatoms. The average molecular weight is 268 g/mol. The van der Waals surface area contributed by atoms with E-state index in [2.05, 4.69) is 0 Å².